The van der Waals surface area contributed by atoms with Crippen LogP contribution in [0.2, 0.25) is 0 Å². The lowest BCUT2D eigenvalue weighted by Crippen LogP contribution is -2.35. The molecule has 5 nitrogen and oxygen atoms in total. The average Bonchev–Trinajstić information content (AvgIpc) is 2.45. The van der Waals surface area contributed by atoms with Crippen molar-refractivity contribution in [3.63, 3.8) is 0 Å². The zero-order valence-electron chi connectivity index (χ0n) is 12.1. The van der Waals surface area contributed by atoms with Crippen molar-refractivity contribution in [1.29, 1.82) is 0 Å². The van der Waals surface area contributed by atoms with Gasteiger partial charge in [-0.1, -0.05) is 19.1 Å². The van der Waals surface area contributed by atoms with Crippen LogP contribution < -0.4 is 10.1 Å². The standard InChI is InChI=1S/C15H21NO4/c1-4-11(2)16-14(17)10-20-15(18)9-12-5-7-13(19-3)8-6-12/h5-8,11H,4,9-10H2,1-3H3,(H,16,17)/t11-/m0/s1. The smallest absolute Gasteiger partial charge is 0.310 e. The van der Waals surface area contributed by atoms with Gasteiger partial charge in [-0.2, -0.15) is 0 Å². The van der Waals surface area contributed by atoms with E-state index in [0.717, 1.165) is 17.7 Å². The fourth-order valence-electron chi connectivity index (χ4n) is 1.53. The maximum Gasteiger partial charge on any atom is 0.310 e. The van der Waals surface area contributed by atoms with E-state index in [4.69, 9.17) is 9.47 Å². The first-order chi connectivity index (χ1) is 9.55. The Morgan fingerprint density at radius 3 is 2.45 bits per heavy atom. The molecule has 0 aliphatic heterocycles. The number of hydrogen-bond acceptors (Lipinski definition) is 4. The van der Waals surface area contributed by atoms with E-state index in [2.05, 4.69) is 5.32 Å². The van der Waals surface area contributed by atoms with Crippen LogP contribution in [0.15, 0.2) is 24.3 Å². The molecule has 0 heterocycles. The van der Waals surface area contributed by atoms with Crippen molar-refractivity contribution >= 4 is 11.9 Å². The second-order valence-corrected chi connectivity index (χ2v) is 4.56. The maximum atomic E-state index is 11.6. The summed E-state index contributed by atoms with van der Waals surface area (Å²) in [6.45, 7) is 3.64. The molecule has 0 aliphatic rings. The Bertz CT molecular complexity index is 442. The lowest BCUT2D eigenvalue weighted by Gasteiger charge is -2.11. The van der Waals surface area contributed by atoms with Gasteiger partial charge in [0, 0.05) is 6.04 Å². The van der Waals surface area contributed by atoms with Crippen LogP contribution in [0.5, 0.6) is 5.75 Å². The Balaban J connectivity index is 2.34. The van der Waals surface area contributed by atoms with Crippen LogP contribution in [0.4, 0.5) is 0 Å². The summed E-state index contributed by atoms with van der Waals surface area (Å²) < 4.78 is 9.96. The van der Waals surface area contributed by atoms with Gasteiger partial charge >= 0.3 is 5.97 Å². The van der Waals surface area contributed by atoms with E-state index in [1.165, 1.54) is 0 Å². The van der Waals surface area contributed by atoms with E-state index in [1.54, 1.807) is 31.4 Å². The number of carbonyl (C=O) groups is 2. The minimum Gasteiger partial charge on any atom is -0.497 e. The number of carbonyl (C=O) groups excluding carboxylic acids is 2. The molecule has 20 heavy (non-hydrogen) atoms. The van der Waals surface area contributed by atoms with Gasteiger partial charge in [-0.15, -0.1) is 0 Å². The number of nitrogens with one attached hydrogen (secondary N) is 1. The van der Waals surface area contributed by atoms with E-state index in [1.807, 2.05) is 13.8 Å². The molecule has 1 aromatic carbocycles. The predicted octanol–water partition coefficient (Wildman–Crippen LogP) is 1.70. The van der Waals surface area contributed by atoms with E-state index in [9.17, 15) is 9.59 Å². The molecule has 1 aromatic rings. The first-order valence-electron chi connectivity index (χ1n) is 6.63. The van der Waals surface area contributed by atoms with Gasteiger partial charge in [0.2, 0.25) is 0 Å². The monoisotopic (exact) mass is 279 g/mol. The molecule has 0 spiro atoms. The summed E-state index contributed by atoms with van der Waals surface area (Å²) in [6, 6.07) is 7.22. The van der Waals surface area contributed by atoms with Crippen LogP contribution in [0.25, 0.3) is 0 Å². The van der Waals surface area contributed by atoms with Gasteiger partial charge in [0.1, 0.15) is 5.75 Å². The quantitative estimate of drug-likeness (QED) is 0.771. The van der Waals surface area contributed by atoms with Crippen molar-refractivity contribution in [3.05, 3.63) is 29.8 Å². The van der Waals surface area contributed by atoms with Gasteiger partial charge < -0.3 is 14.8 Å². The highest BCUT2D eigenvalue weighted by molar-refractivity contribution is 5.81. The summed E-state index contributed by atoms with van der Waals surface area (Å²) in [5.41, 5.74) is 0.818. The summed E-state index contributed by atoms with van der Waals surface area (Å²) in [5.74, 6) is 0.0342. The van der Waals surface area contributed by atoms with Gasteiger partial charge in [0.15, 0.2) is 6.61 Å². The molecule has 0 radical (unpaired) electrons. The van der Waals surface area contributed by atoms with Crippen molar-refractivity contribution in [3.8, 4) is 5.75 Å². The topological polar surface area (TPSA) is 64.6 Å². The lowest BCUT2D eigenvalue weighted by molar-refractivity contribution is -0.148. The molecule has 5 heteroatoms. The molecule has 0 bridgehead atoms. The molecule has 0 saturated carbocycles. The van der Waals surface area contributed by atoms with Crippen LogP contribution >= 0.6 is 0 Å². The number of methoxy groups -OCH3 is 1. The molecule has 110 valence electrons. The molecule has 1 rings (SSSR count). The molecule has 0 aliphatic carbocycles. The second-order valence-electron chi connectivity index (χ2n) is 4.56. The van der Waals surface area contributed by atoms with Crippen LogP contribution in [0.1, 0.15) is 25.8 Å². The third-order valence-electron chi connectivity index (χ3n) is 2.89. The Morgan fingerprint density at radius 1 is 1.25 bits per heavy atom. The Kier molecular flexibility index (Phi) is 6.56. The highest BCUT2D eigenvalue weighted by Crippen LogP contribution is 2.11. The molecule has 0 aromatic heterocycles. The molecule has 1 N–H and O–H groups in total. The van der Waals surface area contributed by atoms with E-state index >= 15 is 0 Å². The Labute approximate surface area is 119 Å². The number of rotatable bonds is 7. The largest absolute Gasteiger partial charge is 0.497 e. The van der Waals surface area contributed by atoms with E-state index in [0.29, 0.717) is 0 Å². The van der Waals surface area contributed by atoms with Gasteiger partial charge in [-0.05, 0) is 31.0 Å². The number of amides is 1. The van der Waals surface area contributed by atoms with Crippen molar-refractivity contribution in [2.24, 2.45) is 0 Å². The van der Waals surface area contributed by atoms with Crippen molar-refractivity contribution < 1.29 is 19.1 Å². The van der Waals surface area contributed by atoms with Crippen LogP contribution in [0, 0.1) is 0 Å². The molecular weight excluding hydrogens is 258 g/mol. The molecule has 1 atom stereocenters. The third kappa shape index (κ3) is 5.73. The first kappa shape index (κ1) is 16.0. The maximum absolute atomic E-state index is 11.6. The minimum absolute atomic E-state index is 0.0859. The first-order valence-corrected chi connectivity index (χ1v) is 6.63. The summed E-state index contributed by atoms with van der Waals surface area (Å²) in [7, 11) is 1.58. The summed E-state index contributed by atoms with van der Waals surface area (Å²) in [5, 5.41) is 2.73. The van der Waals surface area contributed by atoms with Gasteiger partial charge in [-0.25, -0.2) is 0 Å². The van der Waals surface area contributed by atoms with Crippen molar-refractivity contribution in [2.75, 3.05) is 13.7 Å². The average molecular weight is 279 g/mol. The fraction of sp³-hybridized carbons (Fsp3) is 0.467. The summed E-state index contributed by atoms with van der Waals surface area (Å²) in [4.78, 5) is 23.0. The van der Waals surface area contributed by atoms with Gasteiger partial charge in [0.05, 0.1) is 13.5 Å². The zero-order chi connectivity index (χ0) is 15.0. The predicted molar refractivity (Wildman–Crippen MR) is 75.6 cm³/mol. The van der Waals surface area contributed by atoms with Crippen LogP contribution in [0.3, 0.4) is 0 Å². The van der Waals surface area contributed by atoms with E-state index < -0.39 is 5.97 Å². The van der Waals surface area contributed by atoms with Gasteiger partial charge in [0.25, 0.3) is 5.91 Å². The molecular formula is C15H21NO4. The highest BCUT2D eigenvalue weighted by atomic mass is 16.5. The Morgan fingerprint density at radius 2 is 1.90 bits per heavy atom. The third-order valence-corrected chi connectivity index (χ3v) is 2.89. The molecule has 0 saturated heterocycles. The van der Waals surface area contributed by atoms with Crippen molar-refractivity contribution in [2.45, 2.75) is 32.7 Å². The molecule has 0 fully saturated rings. The minimum atomic E-state index is -0.422. The number of ether oxygens (including phenoxy) is 2. The zero-order valence-corrected chi connectivity index (χ0v) is 12.1. The summed E-state index contributed by atoms with van der Waals surface area (Å²) in [6.07, 6.45) is 0.978. The normalized spacial score (nSPS) is 11.6. The van der Waals surface area contributed by atoms with Crippen LogP contribution in [-0.2, 0) is 20.7 Å². The Hall–Kier alpha value is -2.04. The fourth-order valence-corrected chi connectivity index (χ4v) is 1.53. The highest BCUT2D eigenvalue weighted by Gasteiger charge is 2.10. The van der Waals surface area contributed by atoms with E-state index in [-0.39, 0.29) is 25.0 Å². The second kappa shape index (κ2) is 8.19. The van der Waals surface area contributed by atoms with Crippen LogP contribution in [-0.4, -0.2) is 31.6 Å². The summed E-state index contributed by atoms with van der Waals surface area (Å²) >= 11 is 0. The SMILES string of the molecule is CC[C@H](C)NC(=O)COC(=O)Cc1ccc(OC)cc1. The molecule has 0 unspecified atom stereocenters. The molecule has 1 amide bonds. The lowest BCUT2D eigenvalue weighted by atomic mass is 10.1. The number of esters is 1. The van der Waals surface area contributed by atoms with Crippen molar-refractivity contribution in [1.82, 2.24) is 5.32 Å². The number of hydrogen-bond donors (Lipinski definition) is 1. The van der Waals surface area contributed by atoms with Gasteiger partial charge in [-0.3, -0.25) is 9.59 Å². The number of benzene rings is 1.